The number of hydrogen-bond donors (Lipinski definition) is 2. The second-order valence-electron chi connectivity index (χ2n) is 3.68. The number of carbonyl (C=O) groups is 1. The normalized spacial score (nSPS) is 15.7. The highest BCUT2D eigenvalue weighted by Gasteiger charge is 2.20. The van der Waals surface area contributed by atoms with Gasteiger partial charge in [-0.2, -0.15) is 0 Å². The minimum absolute atomic E-state index is 0.152. The predicted octanol–water partition coefficient (Wildman–Crippen LogP) is 1.02. The Morgan fingerprint density at radius 2 is 1.86 bits per heavy atom. The standard InChI is InChI=1S/C9H17F2NO2/c1-5(2)6(3)9(14)12-4-7(13)8(10)11/h5-8,13H,4H2,1-3H3,(H,12,14). The number of hydrogen-bond acceptors (Lipinski definition) is 2. The van der Waals surface area contributed by atoms with Crippen molar-refractivity contribution in [1.82, 2.24) is 5.32 Å². The first-order chi connectivity index (χ1) is 6.36. The largest absolute Gasteiger partial charge is 0.385 e. The van der Waals surface area contributed by atoms with E-state index in [4.69, 9.17) is 5.11 Å². The summed E-state index contributed by atoms with van der Waals surface area (Å²) in [5.41, 5.74) is 0. The average Bonchev–Trinajstić information content (AvgIpc) is 2.11. The van der Waals surface area contributed by atoms with Gasteiger partial charge in [-0.05, 0) is 5.92 Å². The number of halogens is 2. The van der Waals surface area contributed by atoms with Crippen molar-refractivity contribution in [3.8, 4) is 0 Å². The molecule has 0 aliphatic carbocycles. The Balaban J connectivity index is 3.85. The van der Waals surface area contributed by atoms with Crippen molar-refractivity contribution in [2.45, 2.75) is 33.3 Å². The minimum Gasteiger partial charge on any atom is -0.385 e. The van der Waals surface area contributed by atoms with Gasteiger partial charge in [0.1, 0.15) is 6.10 Å². The predicted molar refractivity (Wildman–Crippen MR) is 49.0 cm³/mol. The molecule has 0 rings (SSSR count). The van der Waals surface area contributed by atoms with Crippen molar-refractivity contribution in [3.05, 3.63) is 0 Å². The van der Waals surface area contributed by atoms with Crippen molar-refractivity contribution in [1.29, 1.82) is 0 Å². The van der Waals surface area contributed by atoms with Gasteiger partial charge in [0, 0.05) is 12.5 Å². The van der Waals surface area contributed by atoms with Crippen LogP contribution in [0, 0.1) is 11.8 Å². The van der Waals surface area contributed by atoms with Crippen LogP contribution in [0.3, 0.4) is 0 Å². The smallest absolute Gasteiger partial charge is 0.265 e. The third kappa shape index (κ3) is 4.50. The lowest BCUT2D eigenvalue weighted by Gasteiger charge is -2.17. The van der Waals surface area contributed by atoms with E-state index in [0.717, 1.165) is 0 Å². The highest BCUT2D eigenvalue weighted by atomic mass is 19.3. The average molecular weight is 209 g/mol. The molecule has 0 heterocycles. The Labute approximate surface area is 82.5 Å². The van der Waals surface area contributed by atoms with Crippen LogP contribution in [-0.4, -0.2) is 30.1 Å². The zero-order valence-corrected chi connectivity index (χ0v) is 8.63. The summed E-state index contributed by atoms with van der Waals surface area (Å²) >= 11 is 0. The molecule has 1 amide bonds. The summed E-state index contributed by atoms with van der Waals surface area (Å²) in [6, 6.07) is 0. The summed E-state index contributed by atoms with van der Waals surface area (Å²) in [6.07, 6.45) is -4.59. The van der Waals surface area contributed by atoms with Gasteiger partial charge in [0.15, 0.2) is 0 Å². The summed E-state index contributed by atoms with van der Waals surface area (Å²) in [7, 11) is 0. The molecule has 0 radical (unpaired) electrons. The zero-order valence-electron chi connectivity index (χ0n) is 8.63. The Morgan fingerprint density at radius 3 is 2.21 bits per heavy atom. The van der Waals surface area contributed by atoms with Crippen molar-refractivity contribution in [2.24, 2.45) is 11.8 Å². The third-order valence-corrected chi connectivity index (χ3v) is 2.19. The van der Waals surface area contributed by atoms with Crippen LogP contribution >= 0.6 is 0 Å². The molecule has 0 fully saturated rings. The van der Waals surface area contributed by atoms with Crippen LogP contribution in [0.2, 0.25) is 0 Å². The van der Waals surface area contributed by atoms with E-state index in [1.807, 2.05) is 13.8 Å². The van der Waals surface area contributed by atoms with E-state index in [-0.39, 0.29) is 17.7 Å². The molecule has 0 aromatic heterocycles. The molecule has 3 nitrogen and oxygen atoms in total. The maximum absolute atomic E-state index is 11.8. The Bertz CT molecular complexity index is 186. The van der Waals surface area contributed by atoms with E-state index in [0.29, 0.717) is 0 Å². The first-order valence-corrected chi connectivity index (χ1v) is 4.60. The van der Waals surface area contributed by atoms with Crippen molar-refractivity contribution < 1.29 is 18.7 Å². The van der Waals surface area contributed by atoms with Gasteiger partial charge in [-0.1, -0.05) is 20.8 Å². The summed E-state index contributed by atoms with van der Waals surface area (Å²) < 4.78 is 23.7. The lowest BCUT2D eigenvalue weighted by atomic mass is 9.97. The molecule has 0 aliphatic heterocycles. The molecule has 84 valence electrons. The molecule has 0 aromatic carbocycles. The van der Waals surface area contributed by atoms with Gasteiger partial charge in [0.05, 0.1) is 0 Å². The van der Waals surface area contributed by atoms with E-state index >= 15 is 0 Å². The van der Waals surface area contributed by atoms with Crippen molar-refractivity contribution in [2.75, 3.05) is 6.54 Å². The summed E-state index contributed by atoms with van der Waals surface area (Å²) in [5, 5.41) is 11.0. The number of aliphatic hydroxyl groups excluding tert-OH is 1. The zero-order chi connectivity index (χ0) is 11.3. The fourth-order valence-electron chi connectivity index (χ4n) is 0.758. The lowest BCUT2D eigenvalue weighted by Crippen LogP contribution is -2.39. The fourth-order valence-corrected chi connectivity index (χ4v) is 0.758. The maximum atomic E-state index is 11.8. The van der Waals surface area contributed by atoms with Crippen LogP contribution < -0.4 is 5.32 Å². The molecule has 0 saturated carbocycles. The summed E-state index contributed by atoms with van der Waals surface area (Å²) in [4.78, 5) is 11.2. The highest BCUT2D eigenvalue weighted by molar-refractivity contribution is 5.78. The molecule has 2 N–H and O–H groups in total. The molecule has 0 bridgehead atoms. The van der Waals surface area contributed by atoms with Crippen molar-refractivity contribution in [3.63, 3.8) is 0 Å². The van der Waals surface area contributed by atoms with Crippen LogP contribution in [0.5, 0.6) is 0 Å². The number of amides is 1. The van der Waals surface area contributed by atoms with Gasteiger partial charge in [0.2, 0.25) is 5.91 Å². The summed E-state index contributed by atoms with van der Waals surface area (Å²) in [6.45, 7) is 5.06. The maximum Gasteiger partial charge on any atom is 0.265 e. The van der Waals surface area contributed by atoms with Crippen LogP contribution in [0.15, 0.2) is 0 Å². The highest BCUT2D eigenvalue weighted by Crippen LogP contribution is 2.09. The van der Waals surface area contributed by atoms with Crippen LogP contribution in [0.25, 0.3) is 0 Å². The molecule has 14 heavy (non-hydrogen) atoms. The van der Waals surface area contributed by atoms with Crippen LogP contribution in [-0.2, 0) is 4.79 Å². The van der Waals surface area contributed by atoms with Gasteiger partial charge in [-0.3, -0.25) is 4.79 Å². The molecular weight excluding hydrogens is 192 g/mol. The Hall–Kier alpha value is -0.710. The third-order valence-electron chi connectivity index (χ3n) is 2.19. The second kappa shape index (κ2) is 5.90. The van der Waals surface area contributed by atoms with E-state index in [9.17, 15) is 13.6 Å². The molecule has 0 aliphatic rings. The number of nitrogens with one attached hydrogen (secondary N) is 1. The molecular formula is C9H17F2NO2. The Kier molecular flexibility index (Phi) is 5.60. The minimum atomic E-state index is -2.82. The number of aliphatic hydroxyl groups is 1. The van der Waals surface area contributed by atoms with Gasteiger partial charge < -0.3 is 10.4 Å². The SMILES string of the molecule is CC(C)C(C)C(=O)NCC(O)C(F)F. The van der Waals surface area contributed by atoms with Gasteiger partial charge in [0.25, 0.3) is 6.43 Å². The quantitative estimate of drug-likeness (QED) is 0.710. The Morgan fingerprint density at radius 1 is 1.36 bits per heavy atom. The van der Waals surface area contributed by atoms with E-state index < -0.39 is 19.1 Å². The molecule has 0 saturated heterocycles. The van der Waals surface area contributed by atoms with Gasteiger partial charge in [-0.25, -0.2) is 8.78 Å². The van der Waals surface area contributed by atoms with Crippen molar-refractivity contribution >= 4 is 5.91 Å². The number of alkyl halides is 2. The molecule has 0 aromatic rings. The van der Waals surface area contributed by atoms with E-state index in [2.05, 4.69) is 5.32 Å². The van der Waals surface area contributed by atoms with E-state index in [1.165, 1.54) is 0 Å². The first-order valence-electron chi connectivity index (χ1n) is 4.60. The molecule has 0 spiro atoms. The van der Waals surface area contributed by atoms with Crippen LogP contribution in [0.4, 0.5) is 8.78 Å². The topological polar surface area (TPSA) is 49.3 Å². The molecule has 2 unspecified atom stereocenters. The summed E-state index contributed by atoms with van der Waals surface area (Å²) in [5.74, 6) is -0.390. The fraction of sp³-hybridized carbons (Fsp3) is 0.889. The number of carbonyl (C=O) groups excluding carboxylic acids is 1. The first kappa shape index (κ1) is 13.3. The molecule has 2 atom stereocenters. The monoisotopic (exact) mass is 209 g/mol. The second-order valence-corrected chi connectivity index (χ2v) is 3.68. The van der Waals surface area contributed by atoms with Crippen LogP contribution in [0.1, 0.15) is 20.8 Å². The van der Waals surface area contributed by atoms with Gasteiger partial charge in [-0.15, -0.1) is 0 Å². The lowest BCUT2D eigenvalue weighted by molar-refractivity contribution is -0.126. The van der Waals surface area contributed by atoms with E-state index in [1.54, 1.807) is 6.92 Å². The number of rotatable bonds is 5. The molecule has 5 heteroatoms. The van der Waals surface area contributed by atoms with Gasteiger partial charge >= 0.3 is 0 Å².